The number of aliphatic hydroxyl groups is 1. The van der Waals surface area contributed by atoms with Crippen LogP contribution in [0.3, 0.4) is 0 Å². The van der Waals surface area contributed by atoms with Gasteiger partial charge in [-0.25, -0.2) is 0 Å². The second-order valence-electron chi connectivity index (χ2n) is 5.22. The third kappa shape index (κ3) is 2.12. The largest absolute Gasteiger partial charge is 0.395 e. The van der Waals surface area contributed by atoms with Crippen molar-refractivity contribution in [1.29, 1.82) is 0 Å². The molecule has 0 saturated heterocycles. The monoisotopic (exact) mass is 197 g/mol. The summed E-state index contributed by atoms with van der Waals surface area (Å²) < 4.78 is 0. The fourth-order valence-corrected chi connectivity index (χ4v) is 3.45. The molecule has 2 nitrogen and oxygen atoms in total. The smallest absolute Gasteiger partial charge is 0.0585 e. The first-order valence-corrected chi connectivity index (χ1v) is 6.17. The topological polar surface area (TPSA) is 46.2 Å². The molecule has 2 heteroatoms. The molecule has 2 fully saturated rings. The van der Waals surface area contributed by atoms with Gasteiger partial charge in [-0.3, -0.25) is 0 Å². The highest BCUT2D eigenvalue weighted by Crippen LogP contribution is 2.43. The lowest BCUT2D eigenvalue weighted by Gasteiger charge is -2.40. The standard InChI is InChI=1S/C12H23NO/c13-12(8-14)11-6-5-9-3-1-2-4-10(9)7-11/h9-12,14H,1-8,13H2. The lowest BCUT2D eigenvalue weighted by molar-refractivity contribution is 0.100. The maximum Gasteiger partial charge on any atom is 0.0585 e. The van der Waals surface area contributed by atoms with E-state index in [4.69, 9.17) is 10.8 Å². The van der Waals surface area contributed by atoms with Crippen molar-refractivity contribution < 1.29 is 5.11 Å². The summed E-state index contributed by atoms with van der Waals surface area (Å²) >= 11 is 0. The molecule has 2 aliphatic rings. The van der Waals surface area contributed by atoms with Gasteiger partial charge in [0.25, 0.3) is 0 Å². The van der Waals surface area contributed by atoms with Crippen molar-refractivity contribution in [3.05, 3.63) is 0 Å². The van der Waals surface area contributed by atoms with E-state index in [9.17, 15) is 0 Å². The molecule has 0 aromatic carbocycles. The van der Waals surface area contributed by atoms with Crippen LogP contribution in [0.25, 0.3) is 0 Å². The summed E-state index contributed by atoms with van der Waals surface area (Å²) in [6.07, 6.45) is 9.63. The molecule has 0 heterocycles. The average molecular weight is 197 g/mol. The summed E-state index contributed by atoms with van der Waals surface area (Å²) in [6, 6.07) is 0.0397. The van der Waals surface area contributed by atoms with Crippen molar-refractivity contribution in [2.45, 2.75) is 51.0 Å². The third-order valence-corrected chi connectivity index (χ3v) is 4.40. The van der Waals surface area contributed by atoms with E-state index in [0.29, 0.717) is 5.92 Å². The maximum absolute atomic E-state index is 9.06. The minimum Gasteiger partial charge on any atom is -0.395 e. The Morgan fingerprint density at radius 1 is 1.07 bits per heavy atom. The normalized spacial score (nSPS) is 40.3. The van der Waals surface area contributed by atoms with Crippen molar-refractivity contribution >= 4 is 0 Å². The van der Waals surface area contributed by atoms with Crippen LogP contribution in [-0.2, 0) is 0 Å². The number of fused-ring (bicyclic) bond motifs is 1. The Balaban J connectivity index is 1.89. The SMILES string of the molecule is NC(CO)C1CCC2CCCCC2C1. The predicted octanol–water partition coefficient (Wildman–Crippen LogP) is 1.91. The van der Waals surface area contributed by atoms with Gasteiger partial charge in [0.05, 0.1) is 6.61 Å². The molecule has 3 N–H and O–H groups in total. The van der Waals surface area contributed by atoms with Crippen LogP contribution >= 0.6 is 0 Å². The van der Waals surface area contributed by atoms with E-state index in [1.807, 2.05) is 0 Å². The first-order valence-electron chi connectivity index (χ1n) is 6.17. The molecule has 2 aliphatic carbocycles. The van der Waals surface area contributed by atoms with Gasteiger partial charge in [0.1, 0.15) is 0 Å². The summed E-state index contributed by atoms with van der Waals surface area (Å²) in [5, 5.41) is 9.06. The van der Waals surface area contributed by atoms with Crippen molar-refractivity contribution in [3.63, 3.8) is 0 Å². The summed E-state index contributed by atoms with van der Waals surface area (Å²) in [7, 11) is 0. The molecule has 14 heavy (non-hydrogen) atoms. The first-order chi connectivity index (χ1) is 6.81. The van der Waals surface area contributed by atoms with Crippen LogP contribution in [0.4, 0.5) is 0 Å². The molecule has 4 unspecified atom stereocenters. The van der Waals surface area contributed by atoms with Gasteiger partial charge in [-0.05, 0) is 37.0 Å². The molecular weight excluding hydrogens is 174 g/mol. The highest BCUT2D eigenvalue weighted by Gasteiger charge is 2.33. The third-order valence-electron chi connectivity index (χ3n) is 4.40. The minimum atomic E-state index is 0.0397. The fraction of sp³-hybridized carbons (Fsp3) is 1.00. The number of aliphatic hydroxyl groups excluding tert-OH is 1. The Bertz CT molecular complexity index is 183. The van der Waals surface area contributed by atoms with Crippen molar-refractivity contribution in [2.24, 2.45) is 23.5 Å². The zero-order valence-electron chi connectivity index (χ0n) is 8.99. The van der Waals surface area contributed by atoms with Crippen LogP contribution < -0.4 is 5.73 Å². The van der Waals surface area contributed by atoms with Crippen LogP contribution in [-0.4, -0.2) is 17.8 Å². The molecule has 0 radical (unpaired) electrons. The number of hydrogen-bond donors (Lipinski definition) is 2. The van der Waals surface area contributed by atoms with Gasteiger partial charge >= 0.3 is 0 Å². The Morgan fingerprint density at radius 2 is 1.79 bits per heavy atom. The molecule has 0 spiro atoms. The van der Waals surface area contributed by atoms with E-state index in [-0.39, 0.29) is 12.6 Å². The van der Waals surface area contributed by atoms with Gasteiger partial charge in [0, 0.05) is 6.04 Å². The van der Waals surface area contributed by atoms with Crippen molar-refractivity contribution in [2.75, 3.05) is 6.61 Å². The molecule has 0 aromatic heterocycles. The van der Waals surface area contributed by atoms with E-state index in [1.54, 1.807) is 0 Å². The summed E-state index contributed by atoms with van der Waals surface area (Å²) in [6.45, 7) is 0.169. The van der Waals surface area contributed by atoms with Gasteiger partial charge in [-0.1, -0.05) is 25.7 Å². The maximum atomic E-state index is 9.06. The van der Waals surface area contributed by atoms with Crippen LogP contribution in [0.1, 0.15) is 44.9 Å². The van der Waals surface area contributed by atoms with E-state index >= 15 is 0 Å². The van der Waals surface area contributed by atoms with Crippen LogP contribution in [0.15, 0.2) is 0 Å². The van der Waals surface area contributed by atoms with Crippen LogP contribution in [0.2, 0.25) is 0 Å². The highest BCUT2D eigenvalue weighted by molar-refractivity contribution is 4.86. The summed E-state index contributed by atoms with van der Waals surface area (Å²) in [5.74, 6) is 2.52. The Labute approximate surface area is 86.9 Å². The molecule has 4 atom stereocenters. The quantitative estimate of drug-likeness (QED) is 0.710. The molecule has 0 bridgehead atoms. The second kappa shape index (κ2) is 4.63. The van der Waals surface area contributed by atoms with E-state index in [0.717, 1.165) is 11.8 Å². The predicted molar refractivity (Wildman–Crippen MR) is 57.9 cm³/mol. The first kappa shape index (κ1) is 10.4. The van der Waals surface area contributed by atoms with Crippen LogP contribution in [0.5, 0.6) is 0 Å². The lowest BCUT2D eigenvalue weighted by atomic mass is 9.66. The van der Waals surface area contributed by atoms with Gasteiger partial charge in [-0.15, -0.1) is 0 Å². The van der Waals surface area contributed by atoms with E-state index in [1.165, 1.54) is 44.9 Å². The summed E-state index contributed by atoms with van der Waals surface area (Å²) in [5.41, 5.74) is 5.92. The summed E-state index contributed by atoms with van der Waals surface area (Å²) in [4.78, 5) is 0. The highest BCUT2D eigenvalue weighted by atomic mass is 16.3. The van der Waals surface area contributed by atoms with Gasteiger partial charge in [0.15, 0.2) is 0 Å². The number of rotatable bonds is 2. The molecule has 0 amide bonds. The second-order valence-corrected chi connectivity index (χ2v) is 5.22. The van der Waals surface area contributed by atoms with Crippen molar-refractivity contribution in [1.82, 2.24) is 0 Å². The Kier molecular flexibility index (Phi) is 3.45. The van der Waals surface area contributed by atoms with E-state index < -0.39 is 0 Å². The molecule has 2 saturated carbocycles. The van der Waals surface area contributed by atoms with Gasteiger partial charge < -0.3 is 10.8 Å². The Morgan fingerprint density at radius 3 is 2.50 bits per heavy atom. The zero-order chi connectivity index (χ0) is 9.97. The van der Waals surface area contributed by atoms with Gasteiger partial charge in [-0.2, -0.15) is 0 Å². The zero-order valence-corrected chi connectivity index (χ0v) is 8.99. The lowest BCUT2D eigenvalue weighted by Crippen LogP contribution is -2.39. The van der Waals surface area contributed by atoms with E-state index in [2.05, 4.69) is 0 Å². The van der Waals surface area contributed by atoms with Gasteiger partial charge in [0.2, 0.25) is 0 Å². The molecule has 2 rings (SSSR count). The minimum absolute atomic E-state index is 0.0397. The average Bonchev–Trinajstić information content (AvgIpc) is 2.27. The number of nitrogens with two attached hydrogens (primary N) is 1. The number of hydrogen-bond acceptors (Lipinski definition) is 2. The molecule has 0 aromatic rings. The molecule has 82 valence electrons. The Hall–Kier alpha value is -0.0800. The fourth-order valence-electron chi connectivity index (χ4n) is 3.45. The molecule has 0 aliphatic heterocycles. The molecular formula is C12H23NO. The van der Waals surface area contributed by atoms with Crippen molar-refractivity contribution in [3.8, 4) is 0 Å². The van der Waals surface area contributed by atoms with Crippen LogP contribution in [0, 0.1) is 17.8 Å².